The van der Waals surface area contributed by atoms with Crippen LogP contribution in [0.5, 0.6) is 0 Å². The summed E-state index contributed by atoms with van der Waals surface area (Å²) in [6.07, 6.45) is 1.48. The molecule has 1 fully saturated rings. The number of primary amides is 1. The molecule has 0 saturated carbocycles. The Balaban J connectivity index is 2.21. The molecule has 0 aromatic carbocycles. The summed E-state index contributed by atoms with van der Waals surface area (Å²) in [6.45, 7) is 2.30. The van der Waals surface area contributed by atoms with Gasteiger partial charge in [-0.25, -0.2) is 0 Å². The van der Waals surface area contributed by atoms with Gasteiger partial charge in [-0.05, 0) is 25.8 Å². The lowest BCUT2D eigenvalue weighted by molar-refractivity contribution is -0.123. The normalized spacial score (nSPS) is 23.4. The Morgan fingerprint density at radius 3 is 2.63 bits per heavy atom. The van der Waals surface area contributed by atoms with Gasteiger partial charge in [0, 0.05) is 12.6 Å². The Hall–Kier alpha value is -0.780. The largest absolute Gasteiger partial charge is 0.369 e. The van der Waals surface area contributed by atoms with E-state index in [0.717, 1.165) is 24.2 Å². The van der Waals surface area contributed by atoms with Crippen molar-refractivity contribution >= 4 is 46.4 Å². The zero-order chi connectivity index (χ0) is 14.2. The van der Waals surface area contributed by atoms with Gasteiger partial charge < -0.3 is 10.6 Å². The van der Waals surface area contributed by atoms with Gasteiger partial charge in [0.05, 0.1) is 15.8 Å². The van der Waals surface area contributed by atoms with Crippen LogP contribution in [-0.4, -0.2) is 29.3 Å². The minimum Gasteiger partial charge on any atom is -0.369 e. The Kier molecular flexibility index (Phi) is 4.38. The van der Waals surface area contributed by atoms with E-state index in [1.165, 1.54) is 0 Å². The third-order valence-corrected chi connectivity index (χ3v) is 4.92. The van der Waals surface area contributed by atoms with Crippen molar-refractivity contribution in [2.75, 3.05) is 6.54 Å². The molecule has 1 aliphatic heterocycles. The number of hydrogen-bond acceptors (Lipinski definition) is 3. The number of hydrogen-bond donors (Lipinski definition) is 1. The van der Waals surface area contributed by atoms with E-state index in [0.29, 0.717) is 20.8 Å². The van der Waals surface area contributed by atoms with Crippen LogP contribution < -0.4 is 5.73 Å². The maximum Gasteiger partial charge on any atom is 0.256 e. The molecule has 2 heterocycles. The molecule has 0 radical (unpaired) electrons. The molecular formula is C12H14Cl2N2O2S. The molecule has 19 heavy (non-hydrogen) atoms. The zero-order valence-corrected chi connectivity index (χ0v) is 12.7. The molecule has 1 aliphatic rings. The molecule has 0 unspecified atom stereocenters. The van der Waals surface area contributed by atoms with Crippen molar-refractivity contribution in [1.29, 1.82) is 0 Å². The quantitative estimate of drug-likeness (QED) is 0.910. The maximum atomic E-state index is 12.4. The Bertz CT molecular complexity index is 518. The van der Waals surface area contributed by atoms with E-state index in [4.69, 9.17) is 28.9 Å². The van der Waals surface area contributed by atoms with Gasteiger partial charge in [0.25, 0.3) is 5.91 Å². The topological polar surface area (TPSA) is 63.4 Å². The number of halogens is 2. The molecule has 1 aromatic heterocycles. The van der Waals surface area contributed by atoms with Gasteiger partial charge in [-0.15, -0.1) is 11.3 Å². The summed E-state index contributed by atoms with van der Waals surface area (Å²) in [5, 5.41) is 0. The minimum atomic E-state index is -0.362. The van der Waals surface area contributed by atoms with Crippen molar-refractivity contribution in [1.82, 2.24) is 4.90 Å². The highest BCUT2D eigenvalue weighted by Gasteiger charge is 2.33. The molecule has 2 atom stereocenters. The molecule has 2 N–H and O–H groups in total. The number of piperidine rings is 1. The van der Waals surface area contributed by atoms with Crippen LogP contribution in [-0.2, 0) is 4.79 Å². The smallest absolute Gasteiger partial charge is 0.256 e. The number of thiophene rings is 1. The average Bonchev–Trinajstić information content (AvgIpc) is 2.68. The van der Waals surface area contributed by atoms with Gasteiger partial charge in [-0.3, -0.25) is 9.59 Å². The van der Waals surface area contributed by atoms with Crippen molar-refractivity contribution in [3.05, 3.63) is 20.3 Å². The van der Waals surface area contributed by atoms with Gasteiger partial charge in [0.15, 0.2) is 0 Å². The van der Waals surface area contributed by atoms with Gasteiger partial charge in [0.1, 0.15) is 4.34 Å². The first kappa shape index (κ1) is 14.6. The van der Waals surface area contributed by atoms with Crippen molar-refractivity contribution in [3.8, 4) is 0 Å². The predicted molar refractivity (Wildman–Crippen MR) is 76.8 cm³/mol. The number of nitrogens with two attached hydrogens (primary N) is 1. The highest BCUT2D eigenvalue weighted by Crippen LogP contribution is 2.33. The summed E-state index contributed by atoms with van der Waals surface area (Å²) in [6, 6.07) is 1.63. The number of rotatable bonds is 2. The van der Waals surface area contributed by atoms with Crippen LogP contribution in [0.3, 0.4) is 0 Å². The van der Waals surface area contributed by atoms with Crippen LogP contribution in [0.15, 0.2) is 6.07 Å². The highest BCUT2D eigenvalue weighted by atomic mass is 35.5. The maximum absolute atomic E-state index is 12.4. The number of likely N-dealkylation sites (tertiary alicyclic amines) is 1. The SMILES string of the molecule is C[C@@H]1CC[C@@H](C(N)=O)CN1C(=O)c1cc(Cl)sc1Cl. The third-order valence-electron chi connectivity index (χ3n) is 3.43. The molecule has 0 aliphatic carbocycles. The summed E-state index contributed by atoms with van der Waals surface area (Å²) in [4.78, 5) is 25.4. The number of carbonyl (C=O) groups excluding carboxylic acids is 2. The minimum absolute atomic E-state index is 0.0674. The summed E-state index contributed by atoms with van der Waals surface area (Å²) < 4.78 is 0.855. The molecule has 2 rings (SSSR count). The fourth-order valence-electron chi connectivity index (χ4n) is 2.26. The molecule has 4 nitrogen and oxygen atoms in total. The average molecular weight is 321 g/mol. The van der Waals surface area contributed by atoms with Crippen LogP contribution >= 0.6 is 34.5 Å². The van der Waals surface area contributed by atoms with Gasteiger partial charge in [-0.2, -0.15) is 0 Å². The van der Waals surface area contributed by atoms with E-state index in [1.807, 2.05) is 6.92 Å². The van der Waals surface area contributed by atoms with Crippen LogP contribution in [0.1, 0.15) is 30.1 Å². The van der Waals surface area contributed by atoms with E-state index in [1.54, 1.807) is 11.0 Å². The second kappa shape index (κ2) is 5.69. The molecule has 1 aromatic rings. The van der Waals surface area contributed by atoms with Gasteiger partial charge in [0.2, 0.25) is 5.91 Å². The summed E-state index contributed by atoms with van der Waals surface area (Å²) in [5.74, 6) is -0.834. The molecule has 7 heteroatoms. The van der Waals surface area contributed by atoms with Crippen molar-refractivity contribution in [2.24, 2.45) is 11.7 Å². The number of nitrogens with zero attached hydrogens (tertiary/aromatic N) is 1. The van der Waals surface area contributed by atoms with Gasteiger partial charge >= 0.3 is 0 Å². The van der Waals surface area contributed by atoms with Crippen LogP contribution in [0.25, 0.3) is 0 Å². The second-order valence-corrected chi connectivity index (χ2v) is 7.01. The van der Waals surface area contributed by atoms with E-state index >= 15 is 0 Å². The Labute approximate surface area is 125 Å². The fourth-order valence-corrected chi connectivity index (χ4v) is 3.71. The zero-order valence-electron chi connectivity index (χ0n) is 10.4. The van der Waals surface area contributed by atoms with Crippen LogP contribution in [0, 0.1) is 5.92 Å². The molecule has 104 valence electrons. The number of carbonyl (C=O) groups is 2. The highest BCUT2D eigenvalue weighted by molar-refractivity contribution is 7.20. The predicted octanol–water partition coefficient (Wildman–Crippen LogP) is 2.78. The van der Waals surface area contributed by atoms with E-state index in [-0.39, 0.29) is 23.8 Å². The standard InChI is InChI=1S/C12H14Cl2N2O2S/c1-6-2-3-7(11(15)17)5-16(6)12(18)8-4-9(13)19-10(8)14/h4,6-7H,2-3,5H2,1H3,(H2,15,17)/t6-,7-/m1/s1. The molecule has 0 spiro atoms. The number of amides is 2. The third kappa shape index (κ3) is 3.04. The van der Waals surface area contributed by atoms with E-state index < -0.39 is 0 Å². The van der Waals surface area contributed by atoms with Crippen molar-refractivity contribution in [2.45, 2.75) is 25.8 Å². The monoisotopic (exact) mass is 320 g/mol. The molecule has 2 amide bonds. The Morgan fingerprint density at radius 1 is 1.42 bits per heavy atom. The Morgan fingerprint density at radius 2 is 2.11 bits per heavy atom. The second-order valence-electron chi connectivity index (χ2n) is 4.72. The summed E-state index contributed by atoms with van der Waals surface area (Å²) >= 11 is 13.0. The van der Waals surface area contributed by atoms with E-state index in [2.05, 4.69) is 0 Å². The first-order chi connectivity index (χ1) is 8.90. The van der Waals surface area contributed by atoms with E-state index in [9.17, 15) is 9.59 Å². The van der Waals surface area contributed by atoms with Crippen LogP contribution in [0.4, 0.5) is 0 Å². The lowest BCUT2D eigenvalue weighted by Crippen LogP contribution is -2.48. The first-order valence-corrected chi connectivity index (χ1v) is 7.52. The molecular weight excluding hydrogens is 307 g/mol. The lowest BCUT2D eigenvalue weighted by atomic mass is 9.92. The van der Waals surface area contributed by atoms with Gasteiger partial charge in [-0.1, -0.05) is 23.2 Å². The molecule has 1 saturated heterocycles. The summed E-state index contributed by atoms with van der Waals surface area (Å²) in [7, 11) is 0. The lowest BCUT2D eigenvalue weighted by Gasteiger charge is -2.36. The fraction of sp³-hybridized carbons (Fsp3) is 0.500. The van der Waals surface area contributed by atoms with Crippen molar-refractivity contribution in [3.63, 3.8) is 0 Å². The van der Waals surface area contributed by atoms with Crippen LogP contribution in [0.2, 0.25) is 8.67 Å². The van der Waals surface area contributed by atoms with Crippen molar-refractivity contribution < 1.29 is 9.59 Å². The molecule has 0 bridgehead atoms. The summed E-state index contributed by atoms with van der Waals surface area (Å²) in [5.41, 5.74) is 5.72. The first-order valence-electron chi connectivity index (χ1n) is 5.95.